The van der Waals surface area contributed by atoms with Gasteiger partial charge in [0.2, 0.25) is 0 Å². The molecule has 1 saturated heterocycles. The van der Waals surface area contributed by atoms with Crippen molar-refractivity contribution in [1.82, 2.24) is 0 Å². The first-order valence-corrected chi connectivity index (χ1v) is 6.19. The predicted octanol–water partition coefficient (Wildman–Crippen LogP) is 2.37. The Kier molecular flexibility index (Phi) is 3.97. The van der Waals surface area contributed by atoms with Crippen LogP contribution in [0.25, 0.3) is 0 Å². The molecular formula is C14H21NO. The van der Waals surface area contributed by atoms with E-state index in [1.807, 2.05) is 0 Å². The van der Waals surface area contributed by atoms with Crippen molar-refractivity contribution < 1.29 is 4.74 Å². The fourth-order valence-corrected chi connectivity index (χ4v) is 2.54. The normalized spacial score (nSPS) is 29.5. The van der Waals surface area contributed by atoms with Crippen LogP contribution in [0.5, 0.6) is 0 Å². The number of benzene rings is 1. The lowest BCUT2D eigenvalue weighted by Crippen LogP contribution is -2.14. The van der Waals surface area contributed by atoms with E-state index in [2.05, 4.69) is 37.3 Å². The van der Waals surface area contributed by atoms with Gasteiger partial charge in [0.1, 0.15) is 0 Å². The average Bonchev–Trinajstić information content (AvgIpc) is 2.61. The highest BCUT2D eigenvalue weighted by Crippen LogP contribution is 2.30. The highest BCUT2D eigenvalue weighted by atomic mass is 16.5. The van der Waals surface area contributed by atoms with Crippen molar-refractivity contribution in [2.24, 2.45) is 11.7 Å². The molecule has 1 aliphatic heterocycles. The van der Waals surface area contributed by atoms with Gasteiger partial charge in [-0.25, -0.2) is 0 Å². The Labute approximate surface area is 97.8 Å². The summed E-state index contributed by atoms with van der Waals surface area (Å²) < 4.78 is 5.91. The maximum absolute atomic E-state index is 5.91. The largest absolute Gasteiger partial charge is 0.375 e. The fraction of sp³-hybridized carbons (Fsp3) is 0.571. The summed E-state index contributed by atoms with van der Waals surface area (Å²) in [5.74, 6) is 0.652. The van der Waals surface area contributed by atoms with Crippen molar-refractivity contribution in [3.63, 3.8) is 0 Å². The lowest BCUT2D eigenvalue weighted by Gasteiger charge is -2.13. The van der Waals surface area contributed by atoms with Gasteiger partial charge >= 0.3 is 0 Å². The van der Waals surface area contributed by atoms with Gasteiger partial charge < -0.3 is 10.5 Å². The molecule has 2 heteroatoms. The molecule has 0 spiro atoms. The summed E-state index contributed by atoms with van der Waals surface area (Å²) >= 11 is 0. The first-order chi connectivity index (χ1) is 7.79. The Morgan fingerprint density at radius 2 is 2.06 bits per heavy atom. The average molecular weight is 219 g/mol. The van der Waals surface area contributed by atoms with Gasteiger partial charge in [-0.15, -0.1) is 0 Å². The Balaban J connectivity index is 1.91. The Bertz CT molecular complexity index is 312. The Morgan fingerprint density at radius 1 is 1.31 bits per heavy atom. The SMILES string of the molecule is C[C@H]1O[C@@H](CCN)C[C@@H]1Cc1ccccc1. The third kappa shape index (κ3) is 2.83. The molecule has 0 saturated carbocycles. The van der Waals surface area contributed by atoms with Crippen LogP contribution in [0.1, 0.15) is 25.3 Å². The molecule has 3 atom stereocenters. The summed E-state index contributed by atoms with van der Waals surface area (Å²) in [4.78, 5) is 0. The zero-order chi connectivity index (χ0) is 11.4. The van der Waals surface area contributed by atoms with Crippen molar-refractivity contribution in [1.29, 1.82) is 0 Å². The quantitative estimate of drug-likeness (QED) is 0.843. The molecule has 0 aromatic heterocycles. The van der Waals surface area contributed by atoms with Crippen LogP contribution in [0, 0.1) is 5.92 Å². The zero-order valence-corrected chi connectivity index (χ0v) is 9.93. The number of rotatable bonds is 4. The van der Waals surface area contributed by atoms with Gasteiger partial charge in [-0.05, 0) is 44.2 Å². The van der Waals surface area contributed by atoms with E-state index >= 15 is 0 Å². The van der Waals surface area contributed by atoms with Crippen LogP contribution in [-0.4, -0.2) is 18.8 Å². The van der Waals surface area contributed by atoms with E-state index in [0.29, 0.717) is 18.1 Å². The minimum absolute atomic E-state index is 0.372. The topological polar surface area (TPSA) is 35.2 Å². The van der Waals surface area contributed by atoms with Gasteiger partial charge in [0, 0.05) is 0 Å². The summed E-state index contributed by atoms with van der Waals surface area (Å²) in [6.07, 6.45) is 4.04. The van der Waals surface area contributed by atoms with Gasteiger partial charge in [0.15, 0.2) is 0 Å². The van der Waals surface area contributed by atoms with Gasteiger partial charge in [0.05, 0.1) is 12.2 Å². The third-order valence-electron chi connectivity index (χ3n) is 3.47. The Hall–Kier alpha value is -0.860. The van der Waals surface area contributed by atoms with E-state index in [1.54, 1.807) is 0 Å². The number of hydrogen-bond acceptors (Lipinski definition) is 2. The first-order valence-electron chi connectivity index (χ1n) is 6.19. The molecule has 2 N–H and O–H groups in total. The van der Waals surface area contributed by atoms with Crippen molar-refractivity contribution in [2.75, 3.05) is 6.54 Å². The van der Waals surface area contributed by atoms with E-state index in [0.717, 1.165) is 25.8 Å². The van der Waals surface area contributed by atoms with Crippen molar-refractivity contribution in [2.45, 2.75) is 38.4 Å². The second kappa shape index (κ2) is 5.46. The smallest absolute Gasteiger partial charge is 0.0594 e. The summed E-state index contributed by atoms with van der Waals surface area (Å²) in [7, 11) is 0. The van der Waals surface area contributed by atoms with E-state index in [1.165, 1.54) is 5.56 Å². The van der Waals surface area contributed by atoms with Crippen LogP contribution in [-0.2, 0) is 11.2 Å². The summed E-state index contributed by atoms with van der Waals surface area (Å²) in [6, 6.07) is 10.7. The molecule has 0 amide bonds. The van der Waals surface area contributed by atoms with Crippen LogP contribution >= 0.6 is 0 Å². The maximum Gasteiger partial charge on any atom is 0.0594 e. The second-order valence-corrected chi connectivity index (χ2v) is 4.73. The number of hydrogen-bond donors (Lipinski definition) is 1. The summed E-state index contributed by atoms with van der Waals surface area (Å²) in [5.41, 5.74) is 6.99. The fourth-order valence-electron chi connectivity index (χ4n) is 2.54. The molecule has 1 aromatic carbocycles. The van der Waals surface area contributed by atoms with Gasteiger partial charge in [0.25, 0.3) is 0 Å². The molecule has 0 bridgehead atoms. The molecule has 1 aromatic rings. The highest BCUT2D eigenvalue weighted by Gasteiger charge is 2.31. The molecule has 16 heavy (non-hydrogen) atoms. The van der Waals surface area contributed by atoms with Gasteiger partial charge in [-0.1, -0.05) is 30.3 Å². The van der Waals surface area contributed by atoms with E-state index in [9.17, 15) is 0 Å². The van der Waals surface area contributed by atoms with Crippen molar-refractivity contribution in [3.05, 3.63) is 35.9 Å². The number of ether oxygens (including phenoxy) is 1. The van der Waals surface area contributed by atoms with E-state index in [-0.39, 0.29) is 0 Å². The lowest BCUT2D eigenvalue weighted by atomic mass is 9.92. The monoisotopic (exact) mass is 219 g/mol. The molecule has 88 valence electrons. The highest BCUT2D eigenvalue weighted by molar-refractivity contribution is 5.15. The standard InChI is InChI=1S/C14H21NO/c1-11-13(10-14(16-11)7-8-15)9-12-5-3-2-4-6-12/h2-6,11,13-14H,7-10,15H2,1H3/t11-,13+,14+/m1/s1. The minimum atomic E-state index is 0.372. The zero-order valence-electron chi connectivity index (χ0n) is 9.93. The van der Waals surface area contributed by atoms with Gasteiger partial charge in [-0.3, -0.25) is 0 Å². The van der Waals surface area contributed by atoms with Crippen molar-refractivity contribution in [3.8, 4) is 0 Å². The van der Waals surface area contributed by atoms with Crippen LogP contribution in [0.2, 0.25) is 0 Å². The van der Waals surface area contributed by atoms with E-state index in [4.69, 9.17) is 10.5 Å². The van der Waals surface area contributed by atoms with Crippen LogP contribution in [0.15, 0.2) is 30.3 Å². The molecule has 1 heterocycles. The molecular weight excluding hydrogens is 198 g/mol. The van der Waals surface area contributed by atoms with E-state index < -0.39 is 0 Å². The van der Waals surface area contributed by atoms with Crippen molar-refractivity contribution >= 4 is 0 Å². The molecule has 0 unspecified atom stereocenters. The minimum Gasteiger partial charge on any atom is -0.375 e. The van der Waals surface area contributed by atoms with Gasteiger partial charge in [-0.2, -0.15) is 0 Å². The molecule has 1 fully saturated rings. The molecule has 0 aliphatic carbocycles. The van der Waals surface area contributed by atoms with Crippen LogP contribution in [0.3, 0.4) is 0 Å². The van der Waals surface area contributed by atoms with Crippen LogP contribution in [0.4, 0.5) is 0 Å². The second-order valence-electron chi connectivity index (χ2n) is 4.73. The summed E-state index contributed by atoms with van der Waals surface area (Å²) in [6.45, 7) is 2.92. The number of nitrogens with two attached hydrogens (primary N) is 1. The molecule has 0 radical (unpaired) electrons. The Morgan fingerprint density at radius 3 is 2.75 bits per heavy atom. The summed E-state index contributed by atoms with van der Waals surface area (Å²) in [5, 5.41) is 0. The first kappa shape index (κ1) is 11.6. The molecule has 2 nitrogen and oxygen atoms in total. The predicted molar refractivity (Wildman–Crippen MR) is 66.3 cm³/mol. The van der Waals surface area contributed by atoms with Crippen LogP contribution < -0.4 is 5.73 Å². The maximum atomic E-state index is 5.91. The third-order valence-corrected chi connectivity index (χ3v) is 3.47. The lowest BCUT2D eigenvalue weighted by molar-refractivity contribution is 0.0430. The molecule has 1 aliphatic rings. The molecule has 2 rings (SSSR count).